The van der Waals surface area contributed by atoms with Crippen LogP contribution in [0.4, 0.5) is 0 Å². The van der Waals surface area contributed by atoms with Crippen LogP contribution in [0.3, 0.4) is 0 Å². The predicted octanol–water partition coefficient (Wildman–Crippen LogP) is 17.1. The number of benzene rings is 4. The summed E-state index contributed by atoms with van der Waals surface area (Å²) in [6.07, 6.45) is 0.770. The highest BCUT2D eigenvalue weighted by molar-refractivity contribution is 5.65. The topological polar surface area (TPSA) is 15.5 Å². The molecule has 4 aromatic heterocycles. The SMILES string of the molecule is [2H]C([2H])([2H])c1ccc(-c2cc(C([2H])([2H])C(C)(C)C)cc[n+]2C)c(C)c1.[2H]C([2H])([2H])c1ccc(-c2cc(C([2H])([2H])C(C)C)c(C([2H])([2H])[2H])c[n+]2C)c(C)c1.[2H]C([2H])([2H])c1ccc(-c2ccc(C([2H])([2H])C(C)(C)C)c[n+]2C)c(C)c1.[2H]C([2H])([2H])c1ccc(-c2ccc(C([2H])([2H])C(C)C)c[n+]2C)c(C)c1. The van der Waals surface area contributed by atoms with Gasteiger partial charge in [-0.2, -0.15) is 0 Å². The highest BCUT2D eigenvalue weighted by Crippen LogP contribution is 2.29. The van der Waals surface area contributed by atoms with E-state index in [2.05, 4.69) is 0 Å². The van der Waals surface area contributed by atoms with Gasteiger partial charge in [0, 0.05) is 101 Å². The second-order valence-corrected chi connectivity index (χ2v) is 23.3. The van der Waals surface area contributed by atoms with Crippen molar-refractivity contribution >= 4 is 0 Å². The van der Waals surface area contributed by atoms with Crippen molar-refractivity contribution in [2.75, 3.05) is 0 Å². The second-order valence-electron chi connectivity index (χ2n) is 23.3. The molecular weight excluding hydrogens is 957 g/mol. The standard InChI is InChI=1S/3C19H26N.C18H24N/c1-14-7-9-17(15(2)11-14)18-10-8-16(13-20(18)6)12-19(3,4)5;1-13(2)9-17-11-19(20(6)12-16(17)5)18-8-7-14(3)10-15(18)4;1-14-7-8-17(15(2)11-14)18-12-16(9-10-20(18)6)13-19(3,4)5;1-13(2)10-16-7-9-18(19(5)12-16)17-8-6-14(3)11-15(17)4/h7-11,13H,12H2,1-6H3;7-8,10-13H,9H2,1-6H3;7-12H,13H2,1-6H3;6-9,11-13H,10H2,1-5H3/q4*+1/i1D3,12D2;3D3,5D3,9D2;1D3,13D2;3D3,10D2. The maximum atomic E-state index is 8.50. The van der Waals surface area contributed by atoms with E-state index < -0.39 is 76.5 Å². The van der Waals surface area contributed by atoms with Gasteiger partial charge in [0.05, 0.1) is 0 Å². The monoisotopic (exact) mass is 1080 g/mol. The van der Waals surface area contributed by atoms with Crippen molar-refractivity contribution in [1.82, 2.24) is 0 Å². The average molecular weight is 1080 g/mol. The first-order valence-corrected chi connectivity index (χ1v) is 27.0. The minimum Gasteiger partial charge on any atom is -0.201 e. The molecule has 0 aliphatic carbocycles. The van der Waals surface area contributed by atoms with Gasteiger partial charge in [0.25, 0.3) is 0 Å². The van der Waals surface area contributed by atoms with Crippen molar-refractivity contribution in [2.45, 2.75) is 157 Å². The molecule has 418 valence electrons. The first kappa shape index (κ1) is 37.4. The van der Waals surface area contributed by atoms with Gasteiger partial charge in [0.1, 0.15) is 28.2 Å². The Morgan fingerprint density at radius 3 is 1.14 bits per heavy atom. The van der Waals surface area contributed by atoms with Crippen molar-refractivity contribution in [3.05, 3.63) is 212 Å². The second kappa shape index (κ2) is 27.6. The van der Waals surface area contributed by atoms with Crippen LogP contribution < -0.4 is 18.3 Å². The number of hydrogen-bond donors (Lipinski definition) is 0. The third-order valence-electron chi connectivity index (χ3n) is 12.6. The quantitative estimate of drug-likeness (QED) is 0.121. The van der Waals surface area contributed by atoms with Gasteiger partial charge in [0.15, 0.2) is 24.8 Å². The molecule has 0 saturated heterocycles. The number of aromatic nitrogens is 4. The lowest BCUT2D eigenvalue weighted by atomic mass is 9.88. The molecule has 0 radical (unpaired) electrons. The van der Waals surface area contributed by atoms with E-state index in [1.54, 1.807) is 93.0 Å². The first-order valence-electron chi connectivity index (χ1n) is 38.5. The fourth-order valence-corrected chi connectivity index (χ4v) is 9.20. The Hall–Kier alpha value is -6.52. The number of rotatable bonds is 10. The normalized spacial score (nSPS) is 17.2. The van der Waals surface area contributed by atoms with Crippen LogP contribution in [0, 0.1) is 84.6 Å². The smallest absolute Gasteiger partial charge is 0.201 e. The van der Waals surface area contributed by atoms with Crippen LogP contribution in [0.25, 0.3) is 45.0 Å². The Balaban J connectivity index is 0.000000245. The van der Waals surface area contributed by atoms with Gasteiger partial charge in [-0.15, -0.1) is 0 Å². The van der Waals surface area contributed by atoms with E-state index in [1.807, 2.05) is 178 Å². The largest absolute Gasteiger partial charge is 0.212 e. The molecule has 0 bridgehead atoms. The summed E-state index contributed by atoms with van der Waals surface area (Å²) in [5.74, 6) is -0.545. The van der Waals surface area contributed by atoms with Gasteiger partial charge in [-0.05, 0) is 180 Å². The van der Waals surface area contributed by atoms with E-state index in [4.69, 9.17) is 31.5 Å². The molecule has 4 nitrogen and oxygen atoms in total. The van der Waals surface area contributed by atoms with Gasteiger partial charge in [-0.25, -0.2) is 18.3 Å². The minimum atomic E-state index is -2.45. The lowest BCUT2D eigenvalue weighted by Crippen LogP contribution is -2.32. The maximum absolute atomic E-state index is 8.50. The zero-order chi connectivity index (χ0) is 78.4. The number of pyridine rings is 4. The van der Waals surface area contributed by atoms with Crippen molar-refractivity contribution < 1.29 is 49.8 Å². The van der Waals surface area contributed by atoms with Crippen molar-refractivity contribution in [3.8, 4) is 45.0 Å². The van der Waals surface area contributed by atoms with Crippen LogP contribution in [0.5, 0.6) is 0 Å². The summed E-state index contributed by atoms with van der Waals surface area (Å²) in [4.78, 5) is 0. The fourth-order valence-electron chi connectivity index (χ4n) is 9.20. The molecule has 0 unspecified atom stereocenters. The lowest BCUT2D eigenvalue weighted by Gasteiger charge is -2.18. The Morgan fingerprint density at radius 2 is 0.759 bits per heavy atom. The van der Waals surface area contributed by atoms with E-state index in [1.165, 1.54) is 12.3 Å². The molecule has 0 saturated carbocycles. The molecule has 0 aliphatic heterocycles. The molecule has 0 atom stereocenters. The summed E-state index contributed by atoms with van der Waals surface area (Å²) in [5.41, 5.74) is 12.4. The summed E-state index contributed by atoms with van der Waals surface area (Å²) < 4.78 is 189. The van der Waals surface area contributed by atoms with Gasteiger partial charge in [-0.1, -0.05) is 140 Å². The Bertz CT molecular complexity index is 4290. The maximum Gasteiger partial charge on any atom is 0.212 e. The molecule has 4 heterocycles. The zero-order valence-electron chi connectivity index (χ0n) is 73.2. The highest BCUT2D eigenvalue weighted by Gasteiger charge is 2.21. The molecule has 0 N–H and O–H groups in total. The predicted molar refractivity (Wildman–Crippen MR) is 338 cm³/mol. The number of aryl methyl sites for hydroxylation is 13. The molecule has 0 aliphatic rings. The Kier molecular flexibility index (Phi) is 13.1. The lowest BCUT2D eigenvalue weighted by molar-refractivity contribution is -0.661. The van der Waals surface area contributed by atoms with E-state index >= 15 is 0 Å². The third kappa shape index (κ3) is 19.1. The van der Waals surface area contributed by atoms with E-state index in [-0.39, 0.29) is 22.6 Å². The van der Waals surface area contributed by atoms with Crippen LogP contribution in [-0.4, -0.2) is 0 Å². The van der Waals surface area contributed by atoms with Crippen LogP contribution >= 0.6 is 0 Å². The van der Waals surface area contributed by atoms with E-state index in [0.29, 0.717) is 39.1 Å². The Labute approximate surface area is 513 Å². The average Bonchev–Trinajstić information content (AvgIpc) is 0.762. The summed E-state index contributed by atoms with van der Waals surface area (Å²) in [6.45, 7) is 14.9. The molecule has 79 heavy (non-hydrogen) atoms. The van der Waals surface area contributed by atoms with Gasteiger partial charge >= 0.3 is 0 Å². The van der Waals surface area contributed by atoms with Gasteiger partial charge in [0.2, 0.25) is 22.8 Å². The first-order chi connectivity index (χ1) is 46.0. The number of hydrogen-bond acceptors (Lipinski definition) is 0. The van der Waals surface area contributed by atoms with Crippen molar-refractivity contribution in [1.29, 1.82) is 0 Å². The molecule has 8 aromatic rings. The van der Waals surface area contributed by atoms with Gasteiger partial charge < -0.3 is 0 Å². The van der Waals surface area contributed by atoms with Crippen molar-refractivity contribution in [3.63, 3.8) is 0 Å². The minimum absolute atomic E-state index is 0.0192. The molecule has 0 amide bonds. The summed E-state index contributed by atoms with van der Waals surface area (Å²) in [7, 11) is 7.38. The Morgan fingerprint density at radius 1 is 0.380 bits per heavy atom. The molecule has 0 fully saturated rings. The summed E-state index contributed by atoms with van der Waals surface area (Å²) in [5, 5.41) is 0. The third-order valence-corrected chi connectivity index (χ3v) is 12.6. The zero-order valence-corrected chi connectivity index (χ0v) is 50.2. The molecule has 8 rings (SSSR count). The van der Waals surface area contributed by atoms with E-state index in [9.17, 15) is 0 Å². The fraction of sp³-hybridized carbons (Fsp3) is 0.413. The molecule has 4 aromatic carbocycles. The highest BCUT2D eigenvalue weighted by atomic mass is 14.9. The molecular formula is C75H102N4+4. The molecule has 4 heteroatoms. The van der Waals surface area contributed by atoms with Crippen LogP contribution in [0.15, 0.2) is 140 Å². The van der Waals surface area contributed by atoms with Gasteiger partial charge in [-0.3, -0.25) is 0 Å². The summed E-state index contributed by atoms with van der Waals surface area (Å²) >= 11 is 0. The van der Waals surface area contributed by atoms with Crippen molar-refractivity contribution in [2.24, 2.45) is 50.9 Å². The van der Waals surface area contributed by atoms with Crippen LogP contribution in [-0.2, 0) is 53.7 Å². The summed E-state index contributed by atoms with van der Waals surface area (Å²) in [6, 6.07) is 32.9. The van der Waals surface area contributed by atoms with E-state index in [0.717, 1.165) is 61.6 Å². The molecule has 0 spiro atoms. The number of nitrogens with zero attached hydrogens (tertiary/aromatic N) is 4. The van der Waals surface area contributed by atoms with Crippen LogP contribution in [0.1, 0.15) is 173 Å². The van der Waals surface area contributed by atoms with Crippen LogP contribution in [0.2, 0.25) is 0 Å².